The molecule has 1 aromatic carbocycles. The Morgan fingerprint density at radius 2 is 2.14 bits per heavy atom. The van der Waals surface area contributed by atoms with Crippen molar-refractivity contribution in [3.05, 3.63) is 33.9 Å². The summed E-state index contributed by atoms with van der Waals surface area (Å²) in [5.74, 6) is 0.0936. The minimum Gasteiger partial charge on any atom is -0.388 e. The van der Waals surface area contributed by atoms with E-state index in [1.807, 2.05) is 13.8 Å². The van der Waals surface area contributed by atoms with Crippen LogP contribution in [0.15, 0.2) is 18.2 Å². The second-order valence-corrected chi connectivity index (χ2v) is 5.82. The van der Waals surface area contributed by atoms with E-state index in [-0.39, 0.29) is 23.2 Å². The van der Waals surface area contributed by atoms with Crippen molar-refractivity contribution in [1.82, 2.24) is 4.90 Å². The van der Waals surface area contributed by atoms with E-state index in [1.165, 1.54) is 6.07 Å². The first-order valence-electron chi connectivity index (χ1n) is 7.21. The molecule has 1 fully saturated rings. The van der Waals surface area contributed by atoms with Crippen molar-refractivity contribution < 1.29 is 9.72 Å². The first-order chi connectivity index (χ1) is 9.93. The topological polar surface area (TPSA) is 75.5 Å². The summed E-state index contributed by atoms with van der Waals surface area (Å²) < 4.78 is 0. The molecule has 0 spiro atoms. The van der Waals surface area contributed by atoms with Crippen molar-refractivity contribution in [2.45, 2.75) is 32.7 Å². The van der Waals surface area contributed by atoms with Crippen LogP contribution in [0.3, 0.4) is 0 Å². The van der Waals surface area contributed by atoms with Gasteiger partial charge in [0.05, 0.1) is 4.92 Å². The number of hydrogen-bond acceptors (Lipinski definition) is 4. The van der Waals surface area contributed by atoms with Gasteiger partial charge in [-0.05, 0) is 30.9 Å². The molecule has 0 aromatic heterocycles. The van der Waals surface area contributed by atoms with Crippen molar-refractivity contribution in [3.63, 3.8) is 0 Å². The van der Waals surface area contributed by atoms with Crippen molar-refractivity contribution >= 4 is 17.3 Å². The number of nitrogens with zero attached hydrogens (tertiary/aromatic N) is 2. The van der Waals surface area contributed by atoms with Gasteiger partial charge in [0.15, 0.2) is 0 Å². The normalized spacial score (nSPS) is 14.1. The molecule has 0 bridgehead atoms. The average molecular weight is 291 g/mol. The zero-order valence-electron chi connectivity index (χ0n) is 12.6. The highest BCUT2D eigenvalue weighted by atomic mass is 16.6. The summed E-state index contributed by atoms with van der Waals surface area (Å²) in [4.78, 5) is 25.2. The molecular formula is C15H21N3O3. The van der Waals surface area contributed by atoms with Crippen LogP contribution in [0, 0.1) is 16.0 Å². The van der Waals surface area contributed by atoms with Gasteiger partial charge in [0.2, 0.25) is 0 Å². The van der Waals surface area contributed by atoms with E-state index in [0.29, 0.717) is 18.2 Å². The lowest BCUT2D eigenvalue weighted by Gasteiger charge is -2.24. The minimum absolute atomic E-state index is 0.131. The molecular weight excluding hydrogens is 270 g/mol. The number of carbonyl (C=O) groups is 1. The molecule has 2 rings (SSSR count). The van der Waals surface area contributed by atoms with Crippen LogP contribution in [0.4, 0.5) is 11.4 Å². The number of amides is 1. The third-order valence-corrected chi connectivity index (χ3v) is 3.52. The Kier molecular flexibility index (Phi) is 4.45. The SMILES string of the molecule is CNc1ccc([N+](=O)[O-])c(C(=O)N(CC(C)C)C2CC2)c1. The van der Waals surface area contributed by atoms with E-state index in [4.69, 9.17) is 0 Å². The van der Waals surface area contributed by atoms with Gasteiger partial charge in [-0.2, -0.15) is 0 Å². The molecule has 6 nitrogen and oxygen atoms in total. The maximum Gasteiger partial charge on any atom is 0.282 e. The highest BCUT2D eigenvalue weighted by Gasteiger charge is 2.35. The van der Waals surface area contributed by atoms with Gasteiger partial charge in [0.25, 0.3) is 11.6 Å². The monoisotopic (exact) mass is 291 g/mol. The van der Waals surface area contributed by atoms with E-state index >= 15 is 0 Å². The second kappa shape index (κ2) is 6.11. The molecule has 21 heavy (non-hydrogen) atoms. The Hall–Kier alpha value is -2.11. The third-order valence-electron chi connectivity index (χ3n) is 3.52. The number of carbonyl (C=O) groups excluding carboxylic acids is 1. The van der Waals surface area contributed by atoms with Gasteiger partial charge in [0.1, 0.15) is 5.56 Å². The van der Waals surface area contributed by atoms with E-state index in [2.05, 4.69) is 5.32 Å². The number of rotatable bonds is 6. The molecule has 1 aliphatic carbocycles. The standard InChI is InChI=1S/C15H21N3O3/c1-10(2)9-17(12-5-6-12)15(19)13-8-11(16-3)4-7-14(13)18(20)21/h4,7-8,10,12,16H,5-6,9H2,1-3H3. The Labute approximate surface area is 124 Å². The molecule has 114 valence electrons. The van der Waals surface area contributed by atoms with Crippen molar-refractivity contribution in [1.29, 1.82) is 0 Å². The zero-order chi connectivity index (χ0) is 15.6. The molecule has 0 atom stereocenters. The Bertz CT molecular complexity index is 553. The molecule has 0 unspecified atom stereocenters. The summed E-state index contributed by atoms with van der Waals surface area (Å²) in [5.41, 5.74) is 0.733. The predicted octanol–water partition coefficient (Wildman–Crippen LogP) is 2.90. The van der Waals surface area contributed by atoms with Gasteiger partial charge in [-0.25, -0.2) is 0 Å². The van der Waals surface area contributed by atoms with Gasteiger partial charge in [-0.1, -0.05) is 13.8 Å². The number of hydrogen-bond donors (Lipinski definition) is 1. The number of nitrogens with one attached hydrogen (secondary N) is 1. The Morgan fingerprint density at radius 1 is 1.48 bits per heavy atom. The van der Waals surface area contributed by atoms with Gasteiger partial charge in [-0.3, -0.25) is 14.9 Å². The van der Waals surface area contributed by atoms with Gasteiger partial charge < -0.3 is 10.2 Å². The molecule has 1 aromatic rings. The molecule has 1 saturated carbocycles. The summed E-state index contributed by atoms with van der Waals surface area (Å²) in [7, 11) is 1.72. The maximum atomic E-state index is 12.7. The highest BCUT2D eigenvalue weighted by Crippen LogP contribution is 2.32. The Morgan fingerprint density at radius 3 is 2.62 bits per heavy atom. The number of anilines is 1. The summed E-state index contributed by atoms with van der Waals surface area (Å²) >= 11 is 0. The first-order valence-corrected chi connectivity index (χ1v) is 7.21. The predicted molar refractivity (Wildman–Crippen MR) is 81.5 cm³/mol. The zero-order valence-corrected chi connectivity index (χ0v) is 12.6. The molecule has 0 saturated heterocycles. The summed E-state index contributed by atoms with van der Waals surface area (Å²) in [6, 6.07) is 4.80. The van der Waals surface area contributed by atoms with Crippen molar-refractivity contribution in [2.75, 3.05) is 18.9 Å². The molecule has 0 heterocycles. The van der Waals surface area contributed by atoms with Gasteiger partial charge >= 0.3 is 0 Å². The van der Waals surface area contributed by atoms with Crippen molar-refractivity contribution in [3.8, 4) is 0 Å². The van der Waals surface area contributed by atoms with Crippen LogP contribution in [0.25, 0.3) is 0 Å². The minimum atomic E-state index is -0.493. The third kappa shape index (κ3) is 3.51. The van der Waals surface area contributed by atoms with Crippen LogP contribution < -0.4 is 5.32 Å². The van der Waals surface area contributed by atoms with Crippen LogP contribution in [0.2, 0.25) is 0 Å². The van der Waals surface area contributed by atoms with Gasteiger partial charge in [-0.15, -0.1) is 0 Å². The largest absolute Gasteiger partial charge is 0.388 e. The highest BCUT2D eigenvalue weighted by molar-refractivity contribution is 5.99. The van der Waals surface area contributed by atoms with E-state index < -0.39 is 4.92 Å². The van der Waals surface area contributed by atoms with Crippen LogP contribution in [0.5, 0.6) is 0 Å². The first kappa shape index (κ1) is 15.3. The fourth-order valence-electron chi connectivity index (χ4n) is 2.35. The van der Waals surface area contributed by atoms with Crippen LogP contribution in [0.1, 0.15) is 37.0 Å². The lowest BCUT2D eigenvalue weighted by Crippen LogP contribution is -2.36. The smallest absolute Gasteiger partial charge is 0.282 e. The Balaban J connectivity index is 2.37. The molecule has 1 aliphatic rings. The lowest BCUT2D eigenvalue weighted by molar-refractivity contribution is -0.385. The number of benzene rings is 1. The van der Waals surface area contributed by atoms with E-state index in [0.717, 1.165) is 12.8 Å². The quantitative estimate of drug-likeness (QED) is 0.646. The molecule has 0 radical (unpaired) electrons. The fourth-order valence-corrected chi connectivity index (χ4v) is 2.35. The van der Waals surface area contributed by atoms with Crippen LogP contribution in [-0.2, 0) is 0 Å². The molecule has 1 amide bonds. The van der Waals surface area contributed by atoms with Crippen LogP contribution >= 0.6 is 0 Å². The number of nitro benzene ring substituents is 1. The molecule has 6 heteroatoms. The van der Waals surface area contributed by atoms with E-state index in [1.54, 1.807) is 24.1 Å². The number of nitro groups is 1. The second-order valence-electron chi connectivity index (χ2n) is 5.82. The molecule has 1 N–H and O–H groups in total. The van der Waals surface area contributed by atoms with Gasteiger partial charge in [0, 0.05) is 31.4 Å². The average Bonchev–Trinajstić information content (AvgIpc) is 3.27. The van der Waals surface area contributed by atoms with E-state index in [9.17, 15) is 14.9 Å². The summed E-state index contributed by atoms with van der Waals surface area (Å²) in [5, 5.41) is 14.1. The lowest BCUT2D eigenvalue weighted by atomic mass is 10.1. The fraction of sp³-hybridized carbons (Fsp3) is 0.533. The maximum absolute atomic E-state index is 12.7. The van der Waals surface area contributed by atoms with Crippen molar-refractivity contribution in [2.24, 2.45) is 5.92 Å². The molecule has 0 aliphatic heterocycles. The summed E-state index contributed by atoms with van der Waals surface area (Å²) in [6.07, 6.45) is 1.97. The van der Waals surface area contributed by atoms with Crippen LogP contribution in [-0.4, -0.2) is 35.4 Å². The summed E-state index contributed by atoms with van der Waals surface area (Å²) in [6.45, 7) is 4.71.